The van der Waals surface area contributed by atoms with E-state index in [9.17, 15) is 13.2 Å². The van der Waals surface area contributed by atoms with Gasteiger partial charge in [0, 0.05) is 29.9 Å². The van der Waals surface area contributed by atoms with Gasteiger partial charge in [0.1, 0.15) is 11.6 Å². The first-order valence-electron chi connectivity index (χ1n) is 12.7. The summed E-state index contributed by atoms with van der Waals surface area (Å²) in [5, 5.41) is 4.51. The van der Waals surface area contributed by atoms with E-state index in [-0.39, 0.29) is 18.6 Å². The minimum Gasteiger partial charge on any atom is -0.367 e. The molecule has 3 aromatic heterocycles. The van der Waals surface area contributed by atoms with Crippen LogP contribution in [0, 0.1) is 18.8 Å². The zero-order valence-corrected chi connectivity index (χ0v) is 20.2. The minimum absolute atomic E-state index is 0.0603. The lowest BCUT2D eigenvalue weighted by molar-refractivity contribution is -0.259. The molecule has 1 saturated heterocycles. The molecule has 5 atom stereocenters. The lowest BCUT2D eigenvalue weighted by Crippen LogP contribution is -2.63. The first-order valence-corrected chi connectivity index (χ1v) is 12.7. The Kier molecular flexibility index (Phi) is 4.72. The van der Waals surface area contributed by atoms with Crippen LogP contribution in [-0.2, 0) is 10.2 Å². The van der Waals surface area contributed by atoms with Gasteiger partial charge in [0.25, 0.3) is 0 Å². The zero-order chi connectivity index (χ0) is 24.8. The van der Waals surface area contributed by atoms with Crippen LogP contribution in [0.1, 0.15) is 68.1 Å². The van der Waals surface area contributed by atoms with Crippen molar-refractivity contribution < 1.29 is 17.9 Å². The standard InChI is InChI=1S/C25H28F3N7O/c1-13-8-29-20-21(24-6-5-17(24)18(7-24)25(26,27)28)32-23(33-22(20)31-13)34-10-14(2)36-19(12-34)15-9-30-35(11-15)16-3-4-16/h8-9,11,14,16-19H,3-7,10,12H2,1-2H3/t14-,17?,18?,19+,24?/m1/s1. The molecule has 3 aromatic rings. The van der Waals surface area contributed by atoms with Gasteiger partial charge in [-0.25, -0.2) is 15.0 Å². The highest BCUT2D eigenvalue weighted by molar-refractivity contribution is 5.76. The average Bonchev–Trinajstić information content (AvgIpc) is 3.55. The van der Waals surface area contributed by atoms with Gasteiger partial charge in [-0.2, -0.15) is 23.3 Å². The molecule has 4 aliphatic rings. The summed E-state index contributed by atoms with van der Waals surface area (Å²) in [4.78, 5) is 20.9. The van der Waals surface area contributed by atoms with E-state index >= 15 is 0 Å². The monoisotopic (exact) mass is 499 g/mol. The topological polar surface area (TPSA) is 81.9 Å². The fourth-order valence-corrected chi connectivity index (χ4v) is 6.44. The first-order chi connectivity index (χ1) is 17.2. The Labute approximate surface area is 206 Å². The molecule has 7 rings (SSSR count). The number of nitrogens with zero attached hydrogens (tertiary/aromatic N) is 7. The third-order valence-electron chi connectivity index (χ3n) is 8.55. The molecule has 190 valence electrons. The van der Waals surface area contributed by atoms with Crippen LogP contribution in [0.25, 0.3) is 11.2 Å². The number of hydrogen-bond donors (Lipinski definition) is 0. The average molecular weight is 500 g/mol. The Morgan fingerprint density at radius 1 is 1.08 bits per heavy atom. The predicted octanol–water partition coefficient (Wildman–Crippen LogP) is 4.46. The molecule has 0 radical (unpaired) electrons. The predicted molar refractivity (Wildman–Crippen MR) is 124 cm³/mol. The van der Waals surface area contributed by atoms with E-state index in [1.807, 2.05) is 24.7 Å². The summed E-state index contributed by atoms with van der Waals surface area (Å²) in [7, 11) is 0. The fraction of sp³-hybridized carbons (Fsp3) is 0.640. The van der Waals surface area contributed by atoms with Crippen LogP contribution in [0.5, 0.6) is 0 Å². The van der Waals surface area contributed by atoms with E-state index in [1.54, 1.807) is 6.20 Å². The van der Waals surface area contributed by atoms with Crippen LogP contribution >= 0.6 is 0 Å². The molecule has 3 aliphatic carbocycles. The number of alkyl halides is 3. The highest BCUT2D eigenvalue weighted by Gasteiger charge is 2.69. The molecule has 8 nitrogen and oxygen atoms in total. The first kappa shape index (κ1) is 22.4. The number of rotatable bonds is 4. The van der Waals surface area contributed by atoms with Crippen molar-refractivity contribution in [3.63, 3.8) is 0 Å². The van der Waals surface area contributed by atoms with Gasteiger partial charge in [0.15, 0.2) is 5.65 Å². The molecule has 3 unspecified atom stereocenters. The molecule has 1 aliphatic heterocycles. The van der Waals surface area contributed by atoms with Gasteiger partial charge in [-0.15, -0.1) is 0 Å². The molecule has 4 fully saturated rings. The van der Waals surface area contributed by atoms with Crippen molar-refractivity contribution in [2.24, 2.45) is 11.8 Å². The van der Waals surface area contributed by atoms with Crippen LogP contribution in [0.3, 0.4) is 0 Å². The maximum absolute atomic E-state index is 13.6. The number of halogens is 3. The maximum Gasteiger partial charge on any atom is 0.392 e. The van der Waals surface area contributed by atoms with Crippen LogP contribution in [-0.4, -0.2) is 55.1 Å². The third kappa shape index (κ3) is 3.42. The summed E-state index contributed by atoms with van der Waals surface area (Å²) in [5.74, 6) is -1.23. The second-order valence-corrected chi connectivity index (χ2v) is 11.0. The summed E-state index contributed by atoms with van der Waals surface area (Å²) < 4.78 is 49.0. The van der Waals surface area contributed by atoms with Crippen molar-refractivity contribution in [1.82, 2.24) is 29.7 Å². The van der Waals surface area contributed by atoms with Gasteiger partial charge in [-0.3, -0.25) is 4.68 Å². The van der Waals surface area contributed by atoms with Crippen molar-refractivity contribution >= 4 is 17.1 Å². The van der Waals surface area contributed by atoms with E-state index in [4.69, 9.17) is 14.7 Å². The van der Waals surface area contributed by atoms with Gasteiger partial charge in [0.05, 0.1) is 42.2 Å². The summed E-state index contributed by atoms with van der Waals surface area (Å²) in [6.07, 6.45) is 4.73. The SMILES string of the molecule is Cc1cnc2c(C34CCC3C(C(F)(F)F)C4)nc(N3C[C@@H](C)O[C@H](c4cnn(C5CC5)c4)C3)nc2n1. The third-order valence-corrected chi connectivity index (χ3v) is 8.55. The Balaban J connectivity index is 1.26. The van der Waals surface area contributed by atoms with Crippen molar-refractivity contribution in [2.45, 2.75) is 75.8 Å². The molecular weight excluding hydrogens is 471 g/mol. The number of ether oxygens (including phenoxy) is 1. The van der Waals surface area contributed by atoms with Crippen molar-refractivity contribution in [1.29, 1.82) is 0 Å². The van der Waals surface area contributed by atoms with Crippen LogP contribution in [0.15, 0.2) is 18.6 Å². The molecule has 11 heteroatoms. The number of anilines is 1. The van der Waals surface area contributed by atoms with Crippen molar-refractivity contribution in [2.75, 3.05) is 18.0 Å². The second-order valence-electron chi connectivity index (χ2n) is 11.0. The lowest BCUT2D eigenvalue weighted by atomic mass is 9.41. The highest BCUT2D eigenvalue weighted by atomic mass is 19.4. The van der Waals surface area contributed by atoms with Gasteiger partial charge >= 0.3 is 6.18 Å². The fourth-order valence-electron chi connectivity index (χ4n) is 6.44. The van der Waals surface area contributed by atoms with Gasteiger partial charge in [-0.1, -0.05) is 0 Å². The summed E-state index contributed by atoms with van der Waals surface area (Å²) >= 11 is 0. The molecule has 36 heavy (non-hydrogen) atoms. The Morgan fingerprint density at radius 2 is 1.92 bits per heavy atom. The highest BCUT2D eigenvalue weighted by Crippen LogP contribution is 2.68. The zero-order valence-electron chi connectivity index (χ0n) is 20.2. The number of hydrogen-bond acceptors (Lipinski definition) is 7. The van der Waals surface area contributed by atoms with Gasteiger partial charge in [-0.05, 0) is 51.9 Å². The summed E-state index contributed by atoms with van der Waals surface area (Å²) in [5.41, 5.74) is 2.73. The molecule has 0 aromatic carbocycles. The maximum atomic E-state index is 13.6. The minimum atomic E-state index is -4.18. The van der Waals surface area contributed by atoms with Gasteiger partial charge in [0.2, 0.25) is 5.95 Å². The van der Waals surface area contributed by atoms with E-state index in [2.05, 4.69) is 26.2 Å². The summed E-state index contributed by atoms with van der Waals surface area (Å²) in [6, 6.07) is 0.488. The van der Waals surface area contributed by atoms with E-state index < -0.39 is 23.4 Å². The van der Waals surface area contributed by atoms with E-state index in [0.29, 0.717) is 60.5 Å². The van der Waals surface area contributed by atoms with E-state index in [1.165, 1.54) is 0 Å². The molecule has 3 saturated carbocycles. The molecule has 0 bridgehead atoms. The smallest absolute Gasteiger partial charge is 0.367 e. The normalized spacial score (nSPS) is 32.2. The van der Waals surface area contributed by atoms with Crippen LogP contribution in [0.4, 0.5) is 19.1 Å². The van der Waals surface area contributed by atoms with E-state index in [0.717, 1.165) is 18.4 Å². The molecular formula is C25H28F3N7O. The molecule has 0 amide bonds. The number of aromatic nitrogens is 6. The van der Waals surface area contributed by atoms with Crippen LogP contribution in [0.2, 0.25) is 0 Å². The second kappa shape index (κ2) is 7.60. The van der Waals surface area contributed by atoms with Crippen molar-refractivity contribution in [3.8, 4) is 0 Å². The Hall–Kier alpha value is -2.82. The largest absolute Gasteiger partial charge is 0.392 e. The quantitative estimate of drug-likeness (QED) is 0.524. The van der Waals surface area contributed by atoms with Gasteiger partial charge < -0.3 is 9.64 Å². The molecule has 0 spiro atoms. The lowest BCUT2D eigenvalue weighted by Gasteiger charge is -2.63. The molecule has 0 N–H and O–H groups in total. The molecule has 4 heterocycles. The number of aryl methyl sites for hydroxylation is 1. The number of fused-ring (bicyclic) bond motifs is 2. The number of morpholine rings is 1. The Morgan fingerprint density at radius 3 is 2.61 bits per heavy atom. The van der Waals surface area contributed by atoms with Crippen molar-refractivity contribution in [3.05, 3.63) is 35.5 Å². The van der Waals surface area contributed by atoms with Crippen LogP contribution < -0.4 is 4.90 Å². The summed E-state index contributed by atoms with van der Waals surface area (Å²) in [6.45, 7) is 4.97. The Bertz CT molecular complexity index is 1340.